The zero-order valence-corrected chi connectivity index (χ0v) is 10.5. The van der Waals surface area contributed by atoms with Crippen LogP contribution in [0.2, 0.25) is 0 Å². The number of nitrogens with zero attached hydrogens (tertiary/aromatic N) is 1. The normalized spacial score (nSPS) is 9.76. The fraction of sp³-hybridized carbons (Fsp3) is 0.333. The first kappa shape index (κ1) is 13.6. The predicted octanol–water partition coefficient (Wildman–Crippen LogP) is 1.41. The maximum Gasteiger partial charge on any atom is 0.310 e. The second-order valence-electron chi connectivity index (χ2n) is 3.41. The van der Waals surface area contributed by atoms with E-state index in [0.717, 1.165) is 5.56 Å². The summed E-state index contributed by atoms with van der Waals surface area (Å²) < 4.78 is 4.85. The molecule has 2 N–H and O–H groups in total. The van der Waals surface area contributed by atoms with E-state index in [4.69, 9.17) is 15.7 Å². The van der Waals surface area contributed by atoms with Crippen LogP contribution in [0.5, 0.6) is 0 Å². The van der Waals surface area contributed by atoms with Crippen LogP contribution in [-0.2, 0) is 22.5 Å². The standard InChI is InChI=1S/C12H14N2O2S/c1-2-16-11(15)5-8-3-4-9(6-13)10(7-14)12(8)17/h3-4,17H,2,5-6,13H2,1H3. The molecule has 17 heavy (non-hydrogen) atoms. The van der Waals surface area contributed by atoms with Gasteiger partial charge in [0.15, 0.2) is 0 Å². The summed E-state index contributed by atoms with van der Waals surface area (Å²) in [5.74, 6) is -0.327. The van der Waals surface area contributed by atoms with Crippen molar-refractivity contribution in [1.29, 1.82) is 5.26 Å². The molecular formula is C12H14N2O2S. The molecule has 0 saturated carbocycles. The highest BCUT2D eigenvalue weighted by atomic mass is 32.1. The lowest BCUT2D eigenvalue weighted by molar-refractivity contribution is -0.142. The molecular weight excluding hydrogens is 236 g/mol. The summed E-state index contributed by atoms with van der Waals surface area (Å²) in [7, 11) is 0. The van der Waals surface area contributed by atoms with Crippen LogP contribution in [-0.4, -0.2) is 12.6 Å². The van der Waals surface area contributed by atoms with Crippen molar-refractivity contribution in [2.24, 2.45) is 5.73 Å². The van der Waals surface area contributed by atoms with E-state index in [1.807, 2.05) is 0 Å². The number of nitrogens with two attached hydrogens (primary N) is 1. The second-order valence-corrected chi connectivity index (χ2v) is 3.85. The van der Waals surface area contributed by atoms with Crippen LogP contribution in [0.1, 0.15) is 23.6 Å². The van der Waals surface area contributed by atoms with Gasteiger partial charge in [0, 0.05) is 11.4 Å². The highest BCUT2D eigenvalue weighted by molar-refractivity contribution is 7.80. The Hall–Kier alpha value is -1.51. The van der Waals surface area contributed by atoms with Gasteiger partial charge in [-0.3, -0.25) is 4.79 Å². The van der Waals surface area contributed by atoms with Crippen molar-refractivity contribution in [2.45, 2.75) is 24.8 Å². The smallest absolute Gasteiger partial charge is 0.310 e. The molecule has 0 aliphatic carbocycles. The summed E-state index contributed by atoms with van der Waals surface area (Å²) in [4.78, 5) is 11.9. The average Bonchev–Trinajstić information content (AvgIpc) is 2.31. The molecule has 1 aromatic carbocycles. The van der Waals surface area contributed by atoms with Crippen molar-refractivity contribution < 1.29 is 9.53 Å². The van der Waals surface area contributed by atoms with Gasteiger partial charge in [-0.15, -0.1) is 12.6 Å². The number of hydrogen-bond acceptors (Lipinski definition) is 5. The average molecular weight is 250 g/mol. The molecule has 0 atom stereocenters. The van der Waals surface area contributed by atoms with Gasteiger partial charge in [0.05, 0.1) is 18.6 Å². The van der Waals surface area contributed by atoms with E-state index in [2.05, 4.69) is 18.7 Å². The van der Waals surface area contributed by atoms with E-state index in [1.165, 1.54) is 0 Å². The zero-order valence-electron chi connectivity index (χ0n) is 9.56. The molecule has 0 aliphatic heterocycles. The van der Waals surface area contributed by atoms with Crippen LogP contribution in [0, 0.1) is 11.3 Å². The highest BCUT2D eigenvalue weighted by Gasteiger charge is 2.12. The second kappa shape index (κ2) is 6.28. The summed E-state index contributed by atoms with van der Waals surface area (Å²) in [5.41, 5.74) is 7.35. The number of benzene rings is 1. The number of thiol groups is 1. The fourth-order valence-electron chi connectivity index (χ4n) is 1.48. The highest BCUT2D eigenvalue weighted by Crippen LogP contribution is 2.23. The Bertz CT molecular complexity index is 466. The van der Waals surface area contributed by atoms with Crippen LogP contribution in [0.15, 0.2) is 17.0 Å². The molecule has 0 saturated heterocycles. The molecule has 0 unspecified atom stereocenters. The van der Waals surface area contributed by atoms with Crippen LogP contribution in [0.25, 0.3) is 0 Å². The van der Waals surface area contributed by atoms with E-state index < -0.39 is 0 Å². The van der Waals surface area contributed by atoms with Gasteiger partial charge in [-0.05, 0) is 18.1 Å². The minimum atomic E-state index is -0.327. The Balaban J connectivity index is 3.04. The summed E-state index contributed by atoms with van der Waals surface area (Å²) in [6.45, 7) is 2.36. The van der Waals surface area contributed by atoms with Crippen molar-refractivity contribution in [2.75, 3.05) is 6.61 Å². The fourth-order valence-corrected chi connectivity index (χ4v) is 1.83. The number of ether oxygens (including phenoxy) is 1. The van der Waals surface area contributed by atoms with Gasteiger partial charge in [-0.1, -0.05) is 12.1 Å². The quantitative estimate of drug-likeness (QED) is 0.626. The van der Waals surface area contributed by atoms with Gasteiger partial charge in [-0.25, -0.2) is 0 Å². The number of carbonyl (C=O) groups excluding carboxylic acids is 1. The molecule has 0 bridgehead atoms. The Morgan fingerprint density at radius 3 is 2.71 bits per heavy atom. The third-order valence-electron chi connectivity index (χ3n) is 2.32. The van der Waals surface area contributed by atoms with E-state index in [9.17, 15) is 4.79 Å². The maximum atomic E-state index is 11.4. The van der Waals surface area contributed by atoms with Gasteiger partial charge in [0.25, 0.3) is 0 Å². The van der Waals surface area contributed by atoms with E-state index in [1.54, 1.807) is 19.1 Å². The first-order valence-corrected chi connectivity index (χ1v) is 5.68. The van der Waals surface area contributed by atoms with Gasteiger partial charge in [-0.2, -0.15) is 5.26 Å². The number of carbonyl (C=O) groups is 1. The lowest BCUT2D eigenvalue weighted by Gasteiger charge is -2.09. The van der Waals surface area contributed by atoms with Crippen LogP contribution in [0.3, 0.4) is 0 Å². The molecule has 0 aliphatic rings. The van der Waals surface area contributed by atoms with Gasteiger partial charge >= 0.3 is 5.97 Å². The van der Waals surface area contributed by atoms with Gasteiger partial charge in [0.1, 0.15) is 6.07 Å². The van der Waals surface area contributed by atoms with Crippen molar-refractivity contribution in [3.05, 3.63) is 28.8 Å². The predicted molar refractivity (Wildman–Crippen MR) is 66.6 cm³/mol. The molecule has 1 aromatic rings. The maximum absolute atomic E-state index is 11.4. The molecule has 0 aromatic heterocycles. The van der Waals surface area contributed by atoms with Gasteiger partial charge < -0.3 is 10.5 Å². The summed E-state index contributed by atoms with van der Waals surface area (Å²) >= 11 is 4.27. The zero-order chi connectivity index (χ0) is 12.8. The largest absolute Gasteiger partial charge is 0.466 e. The molecule has 0 heterocycles. The molecule has 0 radical (unpaired) electrons. The van der Waals surface area contributed by atoms with Crippen LogP contribution in [0.4, 0.5) is 0 Å². The Kier molecular flexibility index (Phi) is 5.01. The third-order valence-corrected chi connectivity index (χ3v) is 2.83. The molecule has 5 heteroatoms. The van der Waals surface area contributed by atoms with E-state index in [0.29, 0.717) is 22.6 Å². The lowest BCUT2D eigenvalue weighted by atomic mass is 10.0. The number of esters is 1. The summed E-state index contributed by atoms with van der Waals surface area (Å²) in [6, 6.07) is 5.55. The number of rotatable bonds is 4. The van der Waals surface area contributed by atoms with Crippen molar-refractivity contribution in [3.63, 3.8) is 0 Å². The van der Waals surface area contributed by atoms with E-state index in [-0.39, 0.29) is 18.9 Å². The molecule has 0 spiro atoms. The van der Waals surface area contributed by atoms with E-state index >= 15 is 0 Å². The Labute approximate surface area is 106 Å². The van der Waals surface area contributed by atoms with Gasteiger partial charge in [0.2, 0.25) is 0 Å². The Morgan fingerprint density at radius 1 is 1.53 bits per heavy atom. The first-order chi connectivity index (χ1) is 8.13. The van der Waals surface area contributed by atoms with Crippen molar-refractivity contribution in [3.8, 4) is 6.07 Å². The molecule has 4 nitrogen and oxygen atoms in total. The first-order valence-electron chi connectivity index (χ1n) is 5.23. The van der Waals surface area contributed by atoms with Crippen LogP contribution >= 0.6 is 12.6 Å². The lowest BCUT2D eigenvalue weighted by Crippen LogP contribution is -2.09. The Morgan fingerprint density at radius 2 is 2.18 bits per heavy atom. The third kappa shape index (κ3) is 3.22. The molecule has 0 amide bonds. The topological polar surface area (TPSA) is 76.1 Å². The van der Waals surface area contributed by atoms with Crippen LogP contribution < -0.4 is 5.73 Å². The summed E-state index contributed by atoms with van der Waals surface area (Å²) in [6.07, 6.45) is 0.117. The minimum absolute atomic E-state index is 0.117. The minimum Gasteiger partial charge on any atom is -0.466 e. The number of nitriles is 1. The van der Waals surface area contributed by atoms with Crippen molar-refractivity contribution in [1.82, 2.24) is 0 Å². The summed E-state index contributed by atoms with van der Waals surface area (Å²) in [5, 5.41) is 9.02. The monoisotopic (exact) mass is 250 g/mol. The molecule has 1 rings (SSSR count). The number of hydrogen-bond donors (Lipinski definition) is 2. The van der Waals surface area contributed by atoms with Crippen molar-refractivity contribution >= 4 is 18.6 Å². The molecule has 0 fully saturated rings. The molecule has 90 valence electrons. The SMILES string of the molecule is CCOC(=O)Cc1ccc(CN)c(C#N)c1S.